The number of benzene rings is 1. The minimum atomic E-state index is -0.435. The van der Waals surface area contributed by atoms with E-state index in [-0.39, 0.29) is 11.7 Å². The molecule has 8 heteroatoms. The Balaban J connectivity index is 2.26. The first kappa shape index (κ1) is 12.1. The summed E-state index contributed by atoms with van der Waals surface area (Å²) < 4.78 is 1.53. The van der Waals surface area contributed by atoms with E-state index in [4.69, 9.17) is 5.73 Å². The molecule has 8 nitrogen and oxygen atoms in total. The predicted octanol–water partition coefficient (Wildman–Crippen LogP) is 0.649. The monoisotopic (exact) mass is 248 g/mol. The molecule has 0 aliphatic rings. The van der Waals surface area contributed by atoms with E-state index >= 15 is 0 Å². The average Bonchev–Trinajstić information content (AvgIpc) is 2.77. The van der Waals surface area contributed by atoms with Crippen LogP contribution in [0.4, 0.5) is 5.69 Å². The molecule has 1 aromatic heterocycles. The third kappa shape index (κ3) is 2.48. The Morgan fingerprint density at radius 1 is 1.56 bits per heavy atom. The van der Waals surface area contributed by atoms with E-state index < -0.39 is 4.92 Å². The number of nitro benzene ring substituents is 1. The van der Waals surface area contributed by atoms with E-state index in [1.54, 1.807) is 19.1 Å². The Morgan fingerprint density at radius 2 is 2.33 bits per heavy atom. The molecular weight excluding hydrogens is 236 g/mol. The van der Waals surface area contributed by atoms with E-state index in [2.05, 4.69) is 15.5 Å². The zero-order valence-corrected chi connectivity index (χ0v) is 9.72. The average molecular weight is 248 g/mol. The molecule has 0 saturated carbocycles. The summed E-state index contributed by atoms with van der Waals surface area (Å²) in [6.45, 7) is 2.13. The number of rotatable bonds is 4. The minimum Gasteiger partial charge on any atom is -0.322 e. The lowest BCUT2D eigenvalue weighted by molar-refractivity contribution is -0.384. The van der Waals surface area contributed by atoms with Crippen LogP contribution in [0.2, 0.25) is 0 Å². The summed E-state index contributed by atoms with van der Waals surface area (Å²) in [5.74, 6) is 0.543. The number of hydrogen-bond acceptors (Lipinski definition) is 6. The van der Waals surface area contributed by atoms with Crippen molar-refractivity contribution < 1.29 is 4.92 Å². The first-order valence-electron chi connectivity index (χ1n) is 5.33. The lowest BCUT2D eigenvalue weighted by atomic mass is 10.2. The molecule has 0 amide bonds. The quantitative estimate of drug-likeness (QED) is 0.627. The van der Waals surface area contributed by atoms with Crippen LogP contribution in [0.1, 0.15) is 24.4 Å². The second kappa shape index (κ2) is 4.88. The van der Waals surface area contributed by atoms with Gasteiger partial charge in [0.15, 0.2) is 5.82 Å². The fraction of sp³-hybridized carbons (Fsp3) is 0.300. The van der Waals surface area contributed by atoms with E-state index in [1.807, 2.05) is 0 Å². The van der Waals surface area contributed by atoms with Gasteiger partial charge in [0.05, 0.1) is 17.5 Å². The zero-order valence-electron chi connectivity index (χ0n) is 9.72. The second-order valence-electron chi connectivity index (χ2n) is 3.91. The van der Waals surface area contributed by atoms with Gasteiger partial charge in [0.1, 0.15) is 0 Å². The lowest BCUT2D eigenvalue weighted by Crippen LogP contribution is -2.15. The van der Waals surface area contributed by atoms with Crippen molar-refractivity contribution in [1.29, 1.82) is 0 Å². The fourth-order valence-electron chi connectivity index (χ4n) is 1.59. The third-order valence-corrected chi connectivity index (χ3v) is 2.42. The maximum atomic E-state index is 10.7. The summed E-state index contributed by atoms with van der Waals surface area (Å²) >= 11 is 0. The maximum absolute atomic E-state index is 10.7. The van der Waals surface area contributed by atoms with E-state index in [0.29, 0.717) is 12.4 Å². The molecule has 1 atom stereocenters. The Hall–Kier alpha value is -2.35. The van der Waals surface area contributed by atoms with Gasteiger partial charge in [0.2, 0.25) is 0 Å². The summed E-state index contributed by atoms with van der Waals surface area (Å²) in [5.41, 5.74) is 6.51. The van der Waals surface area contributed by atoms with Crippen molar-refractivity contribution in [2.45, 2.75) is 19.5 Å². The Labute approximate surface area is 103 Å². The number of nitrogens with two attached hydrogens (primary N) is 1. The molecule has 0 aliphatic carbocycles. The van der Waals surface area contributed by atoms with Crippen molar-refractivity contribution in [2.75, 3.05) is 0 Å². The zero-order chi connectivity index (χ0) is 13.1. The molecule has 18 heavy (non-hydrogen) atoms. The van der Waals surface area contributed by atoms with Crippen molar-refractivity contribution in [2.24, 2.45) is 5.73 Å². The molecule has 1 heterocycles. The van der Waals surface area contributed by atoms with E-state index in [0.717, 1.165) is 5.56 Å². The molecular formula is C10H12N6O2. The van der Waals surface area contributed by atoms with Crippen molar-refractivity contribution in [3.8, 4) is 0 Å². The molecule has 1 aromatic carbocycles. The smallest absolute Gasteiger partial charge is 0.269 e. The van der Waals surface area contributed by atoms with Crippen LogP contribution in [0.3, 0.4) is 0 Å². The fourth-order valence-corrected chi connectivity index (χ4v) is 1.59. The summed E-state index contributed by atoms with van der Waals surface area (Å²) in [4.78, 5) is 10.2. The first-order valence-corrected chi connectivity index (χ1v) is 5.33. The molecule has 0 aliphatic heterocycles. The molecule has 2 rings (SSSR count). The molecule has 1 unspecified atom stereocenters. The van der Waals surface area contributed by atoms with Gasteiger partial charge >= 0.3 is 0 Å². The van der Waals surface area contributed by atoms with E-state index in [9.17, 15) is 10.1 Å². The SMILES string of the molecule is CC(N)c1nnnn1Cc1cccc([N+](=O)[O-])c1. The second-order valence-corrected chi connectivity index (χ2v) is 3.91. The molecule has 0 saturated heterocycles. The lowest BCUT2D eigenvalue weighted by Gasteiger charge is -2.06. The maximum Gasteiger partial charge on any atom is 0.269 e. The van der Waals surface area contributed by atoms with Crippen molar-refractivity contribution in [3.63, 3.8) is 0 Å². The number of hydrogen-bond donors (Lipinski definition) is 1. The van der Waals surface area contributed by atoms with Gasteiger partial charge in [-0.2, -0.15) is 0 Å². The van der Waals surface area contributed by atoms with Crippen LogP contribution in [0.15, 0.2) is 24.3 Å². The van der Waals surface area contributed by atoms with Crippen LogP contribution >= 0.6 is 0 Å². The number of non-ortho nitro benzene ring substituents is 1. The van der Waals surface area contributed by atoms with Crippen molar-refractivity contribution in [3.05, 3.63) is 45.8 Å². The molecule has 2 aromatic rings. The molecule has 94 valence electrons. The minimum absolute atomic E-state index is 0.0444. The normalized spacial score (nSPS) is 12.3. The third-order valence-electron chi connectivity index (χ3n) is 2.42. The van der Waals surface area contributed by atoms with Crippen LogP contribution in [0, 0.1) is 10.1 Å². The van der Waals surface area contributed by atoms with E-state index in [1.165, 1.54) is 16.8 Å². The highest BCUT2D eigenvalue weighted by molar-refractivity contribution is 5.34. The van der Waals surface area contributed by atoms with Crippen LogP contribution in [-0.2, 0) is 6.54 Å². The highest BCUT2D eigenvalue weighted by Gasteiger charge is 2.12. The van der Waals surface area contributed by atoms with Gasteiger partial charge in [0, 0.05) is 12.1 Å². The summed E-state index contributed by atoms with van der Waals surface area (Å²) in [6, 6.07) is 6.05. The van der Waals surface area contributed by atoms with Crippen molar-refractivity contribution >= 4 is 5.69 Å². The van der Waals surface area contributed by atoms with Crippen LogP contribution < -0.4 is 5.73 Å². The molecule has 0 radical (unpaired) electrons. The summed E-state index contributed by atoms with van der Waals surface area (Å²) in [7, 11) is 0. The Kier molecular flexibility index (Phi) is 3.28. The standard InChI is InChI=1S/C10H12N6O2/c1-7(11)10-12-13-14-15(10)6-8-3-2-4-9(5-8)16(17)18/h2-5,7H,6,11H2,1H3. The highest BCUT2D eigenvalue weighted by atomic mass is 16.6. The van der Waals surface area contributed by atoms with Gasteiger partial charge in [0.25, 0.3) is 5.69 Å². The van der Waals surface area contributed by atoms with Crippen LogP contribution in [0.25, 0.3) is 0 Å². The Morgan fingerprint density at radius 3 is 3.00 bits per heavy atom. The summed E-state index contributed by atoms with van der Waals surface area (Å²) in [6.07, 6.45) is 0. The largest absolute Gasteiger partial charge is 0.322 e. The van der Waals surface area contributed by atoms with Crippen molar-refractivity contribution in [1.82, 2.24) is 20.2 Å². The van der Waals surface area contributed by atoms with Gasteiger partial charge in [-0.15, -0.1) is 5.10 Å². The first-order chi connectivity index (χ1) is 8.58. The number of aromatic nitrogens is 4. The van der Waals surface area contributed by atoms with Gasteiger partial charge < -0.3 is 5.73 Å². The Bertz CT molecular complexity index is 565. The topological polar surface area (TPSA) is 113 Å². The molecule has 0 fully saturated rings. The molecule has 2 N–H and O–H groups in total. The molecule has 0 spiro atoms. The number of nitrogens with zero attached hydrogens (tertiary/aromatic N) is 5. The summed E-state index contributed by atoms with van der Waals surface area (Å²) in [5, 5.41) is 21.8. The van der Waals surface area contributed by atoms with Gasteiger partial charge in [-0.1, -0.05) is 12.1 Å². The number of tetrazole rings is 1. The predicted molar refractivity (Wildman–Crippen MR) is 62.6 cm³/mol. The van der Waals surface area contributed by atoms with Crippen LogP contribution in [-0.4, -0.2) is 25.1 Å². The van der Waals surface area contributed by atoms with Gasteiger partial charge in [-0.3, -0.25) is 10.1 Å². The number of nitro groups is 1. The van der Waals surface area contributed by atoms with Crippen LogP contribution in [0.5, 0.6) is 0 Å². The highest BCUT2D eigenvalue weighted by Crippen LogP contribution is 2.14. The molecule has 0 bridgehead atoms. The van der Waals surface area contributed by atoms with Gasteiger partial charge in [-0.05, 0) is 22.9 Å². The van der Waals surface area contributed by atoms with Gasteiger partial charge in [-0.25, -0.2) is 4.68 Å².